The molecule has 0 amide bonds. The highest BCUT2D eigenvalue weighted by atomic mass is 32.2. The highest BCUT2D eigenvalue weighted by molar-refractivity contribution is 7.87. The van der Waals surface area contributed by atoms with Crippen LogP contribution >= 0.6 is 0 Å². The zero-order valence-electron chi connectivity index (χ0n) is 11.9. The summed E-state index contributed by atoms with van der Waals surface area (Å²) < 4.78 is 29.9. The smallest absolute Gasteiger partial charge is 0.266 e. The number of hydrogen-bond donors (Lipinski definition) is 0. The first-order valence-corrected chi connectivity index (χ1v) is 8.56. The van der Waals surface area contributed by atoms with Gasteiger partial charge in [0.15, 0.2) is 0 Å². The first-order chi connectivity index (χ1) is 8.17. The largest absolute Gasteiger partial charge is 0.270 e. The molecule has 0 aromatic heterocycles. The summed E-state index contributed by atoms with van der Waals surface area (Å²) in [5, 5.41) is -0.224. The molecule has 2 bridgehead atoms. The van der Waals surface area contributed by atoms with Crippen LogP contribution in [0.25, 0.3) is 0 Å². The van der Waals surface area contributed by atoms with Crippen molar-refractivity contribution in [2.24, 2.45) is 28.6 Å². The van der Waals surface area contributed by atoms with E-state index in [0.717, 1.165) is 12.8 Å². The third-order valence-electron chi connectivity index (χ3n) is 6.24. The molecule has 18 heavy (non-hydrogen) atoms. The summed E-state index contributed by atoms with van der Waals surface area (Å²) in [6.07, 6.45) is 1.75. The average Bonchev–Trinajstić information content (AvgIpc) is 2.70. The summed E-state index contributed by atoms with van der Waals surface area (Å²) in [4.78, 5) is 0. The van der Waals surface area contributed by atoms with Crippen molar-refractivity contribution < 1.29 is 12.6 Å². The van der Waals surface area contributed by atoms with E-state index >= 15 is 0 Å². The van der Waals surface area contributed by atoms with Gasteiger partial charge in [0.25, 0.3) is 10.1 Å². The van der Waals surface area contributed by atoms with E-state index in [1.54, 1.807) is 0 Å². The number of rotatable bonds is 2. The van der Waals surface area contributed by atoms with E-state index in [4.69, 9.17) is 4.18 Å². The Morgan fingerprint density at radius 3 is 2.17 bits per heavy atom. The molecule has 1 heterocycles. The quantitative estimate of drug-likeness (QED) is 0.726. The standard InChI is InChI=1S/C14H24O3S/c1-8(2)14(9(3)4)12-10-6-13(14,5)7-11(10)18(15,16)17-12/h8-12H,6-7H2,1-5H3. The summed E-state index contributed by atoms with van der Waals surface area (Å²) in [6, 6.07) is 0. The fourth-order valence-corrected chi connectivity index (χ4v) is 8.06. The first-order valence-electron chi connectivity index (χ1n) is 7.09. The maximum absolute atomic E-state index is 12.1. The van der Waals surface area contributed by atoms with Gasteiger partial charge in [0.05, 0.1) is 11.4 Å². The Morgan fingerprint density at radius 1 is 1.11 bits per heavy atom. The lowest BCUT2D eigenvalue weighted by molar-refractivity contribution is -0.0910. The highest BCUT2D eigenvalue weighted by Gasteiger charge is 2.76. The van der Waals surface area contributed by atoms with Gasteiger partial charge in [0.2, 0.25) is 0 Å². The molecule has 4 unspecified atom stereocenters. The Morgan fingerprint density at radius 2 is 1.67 bits per heavy atom. The molecule has 0 spiro atoms. The van der Waals surface area contributed by atoms with Crippen LogP contribution in [0.3, 0.4) is 0 Å². The second-order valence-electron chi connectivity index (χ2n) is 7.42. The van der Waals surface area contributed by atoms with Crippen molar-refractivity contribution in [2.45, 2.75) is 58.8 Å². The van der Waals surface area contributed by atoms with Crippen molar-refractivity contribution >= 4 is 10.1 Å². The van der Waals surface area contributed by atoms with Crippen LogP contribution < -0.4 is 0 Å². The summed E-state index contributed by atoms with van der Waals surface area (Å²) in [5.41, 5.74) is 0.136. The lowest BCUT2D eigenvalue weighted by atomic mass is 9.52. The Kier molecular flexibility index (Phi) is 2.38. The Labute approximate surface area is 110 Å². The summed E-state index contributed by atoms with van der Waals surface area (Å²) >= 11 is 0. The molecule has 104 valence electrons. The molecular formula is C14H24O3S. The monoisotopic (exact) mass is 272 g/mol. The molecule has 0 N–H and O–H groups in total. The maximum atomic E-state index is 12.1. The van der Waals surface area contributed by atoms with Gasteiger partial charge in [-0.2, -0.15) is 8.42 Å². The van der Waals surface area contributed by atoms with Crippen LogP contribution in [0.2, 0.25) is 0 Å². The molecule has 1 aliphatic heterocycles. The van der Waals surface area contributed by atoms with Crippen molar-refractivity contribution in [3.63, 3.8) is 0 Å². The van der Waals surface area contributed by atoms with E-state index in [1.165, 1.54) is 0 Å². The van der Waals surface area contributed by atoms with Gasteiger partial charge in [-0.25, -0.2) is 0 Å². The van der Waals surface area contributed by atoms with Gasteiger partial charge in [0.1, 0.15) is 0 Å². The molecule has 2 saturated carbocycles. The molecule has 4 atom stereocenters. The van der Waals surface area contributed by atoms with Gasteiger partial charge in [-0.1, -0.05) is 34.6 Å². The van der Waals surface area contributed by atoms with Crippen molar-refractivity contribution in [1.82, 2.24) is 0 Å². The topological polar surface area (TPSA) is 43.4 Å². The fraction of sp³-hybridized carbons (Fsp3) is 1.00. The van der Waals surface area contributed by atoms with E-state index in [2.05, 4.69) is 34.6 Å². The first kappa shape index (κ1) is 12.9. The highest BCUT2D eigenvalue weighted by Crippen LogP contribution is 2.74. The minimum Gasteiger partial charge on any atom is -0.266 e. The molecular weight excluding hydrogens is 248 g/mol. The van der Waals surface area contributed by atoms with E-state index in [0.29, 0.717) is 11.8 Å². The summed E-state index contributed by atoms with van der Waals surface area (Å²) in [5.74, 6) is 1.14. The Hall–Kier alpha value is -0.0900. The second kappa shape index (κ2) is 3.32. The van der Waals surface area contributed by atoms with Crippen molar-refractivity contribution in [3.05, 3.63) is 0 Å². The van der Waals surface area contributed by atoms with Gasteiger partial charge in [-0.15, -0.1) is 0 Å². The minimum atomic E-state index is -3.31. The number of hydrogen-bond acceptors (Lipinski definition) is 3. The molecule has 1 saturated heterocycles. The summed E-state index contributed by atoms with van der Waals surface area (Å²) in [6.45, 7) is 11.2. The maximum Gasteiger partial charge on any atom is 0.270 e. The van der Waals surface area contributed by atoms with Gasteiger partial charge in [-0.3, -0.25) is 4.18 Å². The lowest BCUT2D eigenvalue weighted by Crippen LogP contribution is -2.53. The predicted octanol–water partition coefficient (Wildman–Crippen LogP) is 2.81. The van der Waals surface area contributed by atoms with Crippen molar-refractivity contribution in [3.8, 4) is 0 Å². The van der Waals surface area contributed by atoms with Crippen LogP contribution in [0.1, 0.15) is 47.5 Å². The third kappa shape index (κ3) is 1.13. The van der Waals surface area contributed by atoms with Crippen LogP contribution in [0.4, 0.5) is 0 Å². The normalized spacial score (nSPS) is 47.4. The molecule has 3 aliphatic rings. The second-order valence-corrected chi connectivity index (χ2v) is 9.21. The van der Waals surface area contributed by atoms with E-state index in [-0.39, 0.29) is 28.1 Å². The van der Waals surface area contributed by atoms with Crippen LogP contribution in [0.5, 0.6) is 0 Å². The molecule has 2 aliphatic carbocycles. The SMILES string of the molecule is CC(C)C1(C(C)C)C2OS(=O)(=O)C3CC1(C)CC23. The van der Waals surface area contributed by atoms with Crippen molar-refractivity contribution in [1.29, 1.82) is 0 Å². The molecule has 3 rings (SSSR count). The van der Waals surface area contributed by atoms with Crippen LogP contribution in [-0.2, 0) is 14.3 Å². The van der Waals surface area contributed by atoms with Crippen LogP contribution in [-0.4, -0.2) is 19.8 Å². The average molecular weight is 272 g/mol. The number of fused-ring (bicyclic) bond motifs is 1. The van der Waals surface area contributed by atoms with E-state index in [1.807, 2.05) is 0 Å². The van der Waals surface area contributed by atoms with Gasteiger partial charge in [0, 0.05) is 11.3 Å². The van der Waals surface area contributed by atoms with E-state index in [9.17, 15) is 8.42 Å². The fourth-order valence-electron chi connectivity index (χ4n) is 6.08. The lowest BCUT2D eigenvalue weighted by Gasteiger charge is -2.53. The zero-order valence-corrected chi connectivity index (χ0v) is 12.8. The molecule has 3 nitrogen and oxygen atoms in total. The van der Waals surface area contributed by atoms with Crippen LogP contribution in [0, 0.1) is 28.6 Å². The van der Waals surface area contributed by atoms with E-state index < -0.39 is 10.1 Å². The van der Waals surface area contributed by atoms with Gasteiger partial charge in [-0.05, 0) is 30.1 Å². The molecule has 3 fully saturated rings. The third-order valence-corrected chi connectivity index (χ3v) is 7.97. The molecule has 0 radical (unpaired) electrons. The Balaban J connectivity index is 2.19. The van der Waals surface area contributed by atoms with Gasteiger partial charge < -0.3 is 0 Å². The molecule has 0 aromatic carbocycles. The molecule has 0 aromatic rings. The minimum absolute atomic E-state index is 0.0116. The Bertz CT molecular complexity index is 471. The van der Waals surface area contributed by atoms with Crippen LogP contribution in [0.15, 0.2) is 0 Å². The van der Waals surface area contributed by atoms with Gasteiger partial charge >= 0.3 is 0 Å². The zero-order chi connectivity index (χ0) is 13.5. The van der Waals surface area contributed by atoms with Crippen molar-refractivity contribution in [2.75, 3.05) is 0 Å². The molecule has 4 heteroatoms. The summed E-state index contributed by atoms with van der Waals surface area (Å²) in [7, 11) is -3.31. The predicted molar refractivity (Wildman–Crippen MR) is 70.5 cm³/mol.